The van der Waals surface area contributed by atoms with Crippen LogP contribution in [0.5, 0.6) is 0 Å². The number of hydrogen-bond donors (Lipinski definition) is 2. The number of carboxylic acids is 1. The first-order valence-corrected chi connectivity index (χ1v) is 6.31. The van der Waals surface area contributed by atoms with Crippen molar-refractivity contribution in [1.82, 2.24) is 4.98 Å². The maximum Gasteiger partial charge on any atom is 0.354 e. The lowest BCUT2D eigenvalue weighted by molar-refractivity contribution is 0.0690. The molecule has 0 aliphatic carbocycles. The van der Waals surface area contributed by atoms with E-state index in [1.807, 2.05) is 30.3 Å². The van der Waals surface area contributed by atoms with Crippen molar-refractivity contribution in [3.63, 3.8) is 0 Å². The molecule has 1 heterocycles. The monoisotopic (exact) mass is 260 g/mol. The lowest BCUT2D eigenvalue weighted by Crippen LogP contribution is -2.01. The number of rotatable bonds is 4. The van der Waals surface area contributed by atoms with Gasteiger partial charge in [-0.25, -0.2) is 9.78 Å². The minimum atomic E-state index is -1.01. The number of nitrogen functional groups attached to an aromatic ring is 1. The Bertz CT molecular complexity index is 572. The molecule has 0 saturated carbocycles. The molecule has 92 valence electrons. The molecule has 4 nitrogen and oxygen atoms in total. The molecule has 1 aromatic heterocycles. The van der Waals surface area contributed by atoms with Crippen molar-refractivity contribution in [3.05, 3.63) is 53.9 Å². The van der Waals surface area contributed by atoms with Gasteiger partial charge in [0.1, 0.15) is 5.69 Å². The Kier molecular flexibility index (Phi) is 3.84. The summed E-state index contributed by atoms with van der Waals surface area (Å²) in [6.07, 6.45) is 0. The van der Waals surface area contributed by atoms with Crippen LogP contribution in [0.2, 0.25) is 0 Å². The zero-order chi connectivity index (χ0) is 13.0. The Morgan fingerprint density at radius 3 is 2.78 bits per heavy atom. The molecule has 5 heteroatoms. The number of aromatic carboxylic acids is 1. The maximum atomic E-state index is 10.8. The summed E-state index contributed by atoms with van der Waals surface area (Å²) in [5.74, 6) is -0.393. The van der Waals surface area contributed by atoms with E-state index in [1.165, 1.54) is 6.07 Å². The summed E-state index contributed by atoms with van der Waals surface area (Å²) < 4.78 is 0. The van der Waals surface area contributed by atoms with Gasteiger partial charge in [-0.1, -0.05) is 12.1 Å². The lowest BCUT2D eigenvalue weighted by atomic mass is 10.3. The van der Waals surface area contributed by atoms with Crippen LogP contribution in [0.15, 0.2) is 47.4 Å². The van der Waals surface area contributed by atoms with E-state index in [4.69, 9.17) is 10.8 Å². The summed E-state index contributed by atoms with van der Waals surface area (Å²) in [6.45, 7) is 0. The van der Waals surface area contributed by atoms with E-state index in [-0.39, 0.29) is 5.69 Å². The minimum absolute atomic E-state index is 0.0701. The van der Waals surface area contributed by atoms with E-state index in [1.54, 1.807) is 17.8 Å². The van der Waals surface area contributed by atoms with Gasteiger partial charge in [0.05, 0.1) is 5.69 Å². The first-order chi connectivity index (χ1) is 8.65. The molecule has 0 amide bonds. The smallest absolute Gasteiger partial charge is 0.354 e. The molecule has 0 unspecified atom stereocenters. The molecule has 0 atom stereocenters. The quantitative estimate of drug-likeness (QED) is 0.653. The molecule has 0 aliphatic heterocycles. The highest BCUT2D eigenvalue weighted by Crippen LogP contribution is 2.23. The van der Waals surface area contributed by atoms with E-state index in [0.717, 1.165) is 10.6 Å². The number of nitrogens with zero attached hydrogens (tertiary/aromatic N) is 1. The largest absolute Gasteiger partial charge is 0.477 e. The van der Waals surface area contributed by atoms with Crippen LogP contribution >= 0.6 is 11.8 Å². The van der Waals surface area contributed by atoms with Gasteiger partial charge < -0.3 is 10.8 Å². The van der Waals surface area contributed by atoms with Crippen molar-refractivity contribution < 1.29 is 9.90 Å². The summed E-state index contributed by atoms with van der Waals surface area (Å²) >= 11 is 1.57. The van der Waals surface area contributed by atoms with Crippen molar-refractivity contribution in [3.8, 4) is 0 Å². The Morgan fingerprint density at radius 1 is 1.28 bits per heavy atom. The first-order valence-electron chi connectivity index (χ1n) is 5.33. The topological polar surface area (TPSA) is 76.2 Å². The second-order valence-electron chi connectivity index (χ2n) is 3.68. The van der Waals surface area contributed by atoms with Gasteiger partial charge in [-0.3, -0.25) is 0 Å². The number of aromatic nitrogens is 1. The lowest BCUT2D eigenvalue weighted by Gasteiger charge is -2.03. The summed E-state index contributed by atoms with van der Waals surface area (Å²) in [7, 11) is 0. The van der Waals surface area contributed by atoms with Gasteiger partial charge in [0.15, 0.2) is 0 Å². The zero-order valence-electron chi connectivity index (χ0n) is 9.54. The van der Waals surface area contributed by atoms with Crippen LogP contribution in [0.25, 0.3) is 0 Å². The van der Waals surface area contributed by atoms with Gasteiger partial charge >= 0.3 is 5.97 Å². The number of nitrogens with two attached hydrogens (primary N) is 1. The van der Waals surface area contributed by atoms with Crippen LogP contribution < -0.4 is 5.73 Å². The van der Waals surface area contributed by atoms with Crippen LogP contribution in [0, 0.1) is 0 Å². The van der Waals surface area contributed by atoms with E-state index in [2.05, 4.69) is 4.98 Å². The third kappa shape index (κ3) is 3.24. The van der Waals surface area contributed by atoms with Gasteiger partial charge in [-0.05, 0) is 30.3 Å². The van der Waals surface area contributed by atoms with E-state index in [9.17, 15) is 4.79 Å². The second kappa shape index (κ2) is 5.55. The minimum Gasteiger partial charge on any atom is -0.477 e. The van der Waals surface area contributed by atoms with E-state index >= 15 is 0 Å². The third-order valence-corrected chi connectivity index (χ3v) is 3.30. The average molecular weight is 260 g/mol. The van der Waals surface area contributed by atoms with Crippen LogP contribution in [-0.2, 0) is 5.75 Å². The number of thioether (sulfide) groups is 1. The fourth-order valence-electron chi connectivity index (χ4n) is 1.44. The average Bonchev–Trinajstić information content (AvgIpc) is 2.37. The standard InChI is InChI=1S/C13H12N2O2S/c14-9-3-1-5-11(7-9)18-8-10-4-2-6-12(15-10)13(16)17/h1-7H,8,14H2,(H,16,17). The maximum absolute atomic E-state index is 10.8. The number of anilines is 1. The predicted octanol–water partition coefficient (Wildman–Crippen LogP) is 2.65. The fourth-order valence-corrected chi connectivity index (χ4v) is 2.31. The van der Waals surface area contributed by atoms with Crippen molar-refractivity contribution in [2.75, 3.05) is 5.73 Å². The SMILES string of the molecule is Nc1cccc(SCc2cccc(C(=O)O)n2)c1. The number of carbonyl (C=O) groups is 1. The van der Waals surface area contributed by atoms with E-state index in [0.29, 0.717) is 11.4 Å². The van der Waals surface area contributed by atoms with Gasteiger partial charge in [-0.15, -0.1) is 11.8 Å². The molecule has 0 fully saturated rings. The molecule has 1 aromatic carbocycles. The number of hydrogen-bond acceptors (Lipinski definition) is 4. The number of pyridine rings is 1. The summed E-state index contributed by atoms with van der Waals surface area (Å²) in [4.78, 5) is 15.9. The van der Waals surface area contributed by atoms with E-state index < -0.39 is 5.97 Å². The summed E-state index contributed by atoms with van der Waals surface area (Å²) in [5, 5.41) is 8.85. The molecule has 0 saturated heterocycles. The number of carboxylic acid groups (broad SMARTS) is 1. The van der Waals surface area contributed by atoms with Gasteiger partial charge in [0.2, 0.25) is 0 Å². The Hall–Kier alpha value is -2.01. The van der Waals surface area contributed by atoms with Gasteiger partial charge in [0.25, 0.3) is 0 Å². The molecule has 0 spiro atoms. The highest BCUT2D eigenvalue weighted by atomic mass is 32.2. The second-order valence-corrected chi connectivity index (χ2v) is 4.73. The van der Waals surface area contributed by atoms with Crippen LogP contribution in [0.3, 0.4) is 0 Å². The fraction of sp³-hybridized carbons (Fsp3) is 0.0769. The molecule has 0 radical (unpaired) electrons. The molecular weight excluding hydrogens is 248 g/mol. The van der Waals surface area contributed by atoms with Gasteiger partial charge in [-0.2, -0.15) is 0 Å². The molecule has 0 bridgehead atoms. The first kappa shape index (κ1) is 12.4. The highest BCUT2D eigenvalue weighted by Gasteiger charge is 2.05. The molecule has 2 rings (SSSR count). The summed E-state index contributed by atoms with van der Waals surface area (Å²) in [5.41, 5.74) is 7.21. The predicted molar refractivity (Wildman–Crippen MR) is 71.6 cm³/mol. The molecule has 2 aromatic rings. The Labute approximate surface area is 109 Å². The highest BCUT2D eigenvalue weighted by molar-refractivity contribution is 7.98. The normalized spacial score (nSPS) is 10.2. The van der Waals surface area contributed by atoms with Crippen LogP contribution in [-0.4, -0.2) is 16.1 Å². The van der Waals surface area contributed by atoms with Crippen molar-refractivity contribution >= 4 is 23.4 Å². The van der Waals surface area contributed by atoms with Crippen LogP contribution in [0.1, 0.15) is 16.2 Å². The Balaban J connectivity index is 2.06. The van der Waals surface area contributed by atoms with Crippen LogP contribution in [0.4, 0.5) is 5.69 Å². The molecule has 18 heavy (non-hydrogen) atoms. The Morgan fingerprint density at radius 2 is 2.06 bits per heavy atom. The van der Waals surface area contributed by atoms with Crippen molar-refractivity contribution in [2.45, 2.75) is 10.6 Å². The molecule has 0 aliphatic rings. The van der Waals surface area contributed by atoms with Crippen molar-refractivity contribution in [1.29, 1.82) is 0 Å². The third-order valence-electron chi connectivity index (χ3n) is 2.27. The summed E-state index contributed by atoms with van der Waals surface area (Å²) in [6, 6.07) is 12.5. The molecule has 3 N–H and O–H groups in total. The molecular formula is C13H12N2O2S. The zero-order valence-corrected chi connectivity index (χ0v) is 10.4. The van der Waals surface area contributed by atoms with Crippen molar-refractivity contribution in [2.24, 2.45) is 0 Å². The van der Waals surface area contributed by atoms with Gasteiger partial charge in [0, 0.05) is 16.3 Å². The number of benzene rings is 1.